The van der Waals surface area contributed by atoms with Crippen molar-refractivity contribution in [3.8, 4) is 0 Å². The van der Waals surface area contributed by atoms with Crippen LogP contribution in [0.25, 0.3) is 0 Å². The van der Waals surface area contributed by atoms with E-state index >= 15 is 0 Å². The predicted octanol–water partition coefficient (Wildman–Crippen LogP) is 1.74. The Balaban J connectivity index is 1.98. The summed E-state index contributed by atoms with van der Waals surface area (Å²) in [6.45, 7) is 4.84. The number of fused-ring (bicyclic) bond motifs is 1. The third-order valence-electron chi connectivity index (χ3n) is 4.00. The molecule has 1 amide bonds. The third kappa shape index (κ3) is 2.49. The quantitative estimate of drug-likeness (QED) is 0.778. The zero-order valence-electron chi connectivity index (χ0n) is 10.4. The maximum atomic E-state index is 11.7. The molecular formula is C13H19NO4. The normalized spacial score (nSPS) is 30.7. The number of carboxylic acids is 1. The van der Waals surface area contributed by atoms with E-state index < -0.39 is 5.97 Å². The summed E-state index contributed by atoms with van der Waals surface area (Å²) in [5.74, 6) is -0.629. The molecule has 1 saturated heterocycles. The number of rotatable bonds is 3. The number of hydrogen-bond acceptors (Lipinski definition) is 3. The molecule has 0 aromatic heterocycles. The molecule has 0 aromatic carbocycles. The SMILES string of the molecule is C=CCOC(=O)N1CC2CCCC(C(=O)O)C2C1. The van der Waals surface area contributed by atoms with Crippen LogP contribution < -0.4 is 0 Å². The lowest BCUT2D eigenvalue weighted by atomic mass is 9.74. The molecule has 1 N–H and O–H groups in total. The molecule has 5 nitrogen and oxygen atoms in total. The van der Waals surface area contributed by atoms with Crippen LogP contribution >= 0.6 is 0 Å². The molecule has 3 atom stereocenters. The number of amides is 1. The number of aliphatic carboxylic acids is 1. The minimum absolute atomic E-state index is 0.0903. The fourth-order valence-electron chi connectivity index (χ4n) is 3.15. The molecule has 1 saturated carbocycles. The van der Waals surface area contributed by atoms with Crippen LogP contribution in [-0.4, -0.2) is 41.8 Å². The molecule has 2 aliphatic rings. The molecule has 0 bridgehead atoms. The third-order valence-corrected chi connectivity index (χ3v) is 4.00. The Morgan fingerprint density at radius 3 is 2.83 bits per heavy atom. The van der Waals surface area contributed by atoms with Gasteiger partial charge in [-0.1, -0.05) is 19.1 Å². The first-order valence-corrected chi connectivity index (χ1v) is 6.39. The lowest BCUT2D eigenvalue weighted by Crippen LogP contribution is -2.33. The van der Waals surface area contributed by atoms with Gasteiger partial charge in [-0.15, -0.1) is 0 Å². The summed E-state index contributed by atoms with van der Waals surface area (Å²) >= 11 is 0. The van der Waals surface area contributed by atoms with Gasteiger partial charge in [0, 0.05) is 13.1 Å². The van der Waals surface area contributed by atoms with E-state index in [0.717, 1.165) is 19.3 Å². The summed E-state index contributed by atoms with van der Waals surface area (Å²) in [6, 6.07) is 0. The molecule has 1 aliphatic heterocycles. The van der Waals surface area contributed by atoms with E-state index in [9.17, 15) is 14.7 Å². The molecule has 5 heteroatoms. The van der Waals surface area contributed by atoms with Crippen LogP contribution in [0.4, 0.5) is 4.79 Å². The zero-order valence-corrected chi connectivity index (χ0v) is 10.4. The van der Waals surface area contributed by atoms with Crippen molar-refractivity contribution < 1.29 is 19.4 Å². The fourth-order valence-corrected chi connectivity index (χ4v) is 3.15. The Morgan fingerprint density at radius 2 is 2.17 bits per heavy atom. The van der Waals surface area contributed by atoms with E-state index in [2.05, 4.69) is 6.58 Å². The maximum absolute atomic E-state index is 11.7. The number of likely N-dealkylation sites (tertiary alicyclic amines) is 1. The number of nitrogens with zero attached hydrogens (tertiary/aromatic N) is 1. The van der Waals surface area contributed by atoms with Gasteiger partial charge in [-0.05, 0) is 24.7 Å². The minimum Gasteiger partial charge on any atom is -0.481 e. The Morgan fingerprint density at radius 1 is 1.39 bits per heavy atom. The topological polar surface area (TPSA) is 66.8 Å². The molecule has 100 valence electrons. The summed E-state index contributed by atoms with van der Waals surface area (Å²) in [6.07, 6.45) is 3.86. The first-order chi connectivity index (χ1) is 8.63. The molecule has 1 heterocycles. The fraction of sp³-hybridized carbons (Fsp3) is 0.692. The highest BCUT2D eigenvalue weighted by atomic mass is 16.6. The molecular weight excluding hydrogens is 234 g/mol. The molecule has 0 aromatic rings. The maximum Gasteiger partial charge on any atom is 0.410 e. The van der Waals surface area contributed by atoms with Crippen LogP contribution in [-0.2, 0) is 9.53 Å². The average molecular weight is 253 g/mol. The summed E-state index contributed by atoms with van der Waals surface area (Å²) in [7, 11) is 0. The van der Waals surface area contributed by atoms with Gasteiger partial charge in [0.15, 0.2) is 0 Å². The van der Waals surface area contributed by atoms with Crippen molar-refractivity contribution >= 4 is 12.1 Å². The van der Waals surface area contributed by atoms with Crippen LogP contribution in [0.3, 0.4) is 0 Å². The minimum atomic E-state index is -0.731. The largest absolute Gasteiger partial charge is 0.481 e. The highest BCUT2D eigenvalue weighted by molar-refractivity contribution is 5.72. The van der Waals surface area contributed by atoms with Gasteiger partial charge < -0.3 is 14.7 Å². The van der Waals surface area contributed by atoms with Crippen LogP contribution in [0.1, 0.15) is 19.3 Å². The van der Waals surface area contributed by atoms with Crippen molar-refractivity contribution in [1.29, 1.82) is 0 Å². The van der Waals surface area contributed by atoms with Crippen molar-refractivity contribution in [2.75, 3.05) is 19.7 Å². The number of ether oxygens (including phenoxy) is 1. The summed E-state index contributed by atoms with van der Waals surface area (Å²) in [4.78, 5) is 24.6. The lowest BCUT2D eigenvalue weighted by Gasteiger charge is -2.29. The first-order valence-electron chi connectivity index (χ1n) is 6.39. The van der Waals surface area contributed by atoms with Crippen LogP contribution in [0, 0.1) is 17.8 Å². The van der Waals surface area contributed by atoms with Crippen molar-refractivity contribution in [1.82, 2.24) is 4.90 Å². The molecule has 2 rings (SSSR count). The Hall–Kier alpha value is -1.52. The molecule has 3 unspecified atom stereocenters. The molecule has 0 spiro atoms. The van der Waals surface area contributed by atoms with Gasteiger partial charge in [0.25, 0.3) is 0 Å². The lowest BCUT2D eigenvalue weighted by molar-refractivity contribution is -0.145. The van der Waals surface area contributed by atoms with E-state index in [0.29, 0.717) is 19.0 Å². The number of carboxylic acid groups (broad SMARTS) is 1. The van der Waals surface area contributed by atoms with Gasteiger partial charge in [-0.2, -0.15) is 0 Å². The van der Waals surface area contributed by atoms with Gasteiger partial charge >= 0.3 is 12.1 Å². The monoisotopic (exact) mass is 253 g/mol. The highest BCUT2D eigenvalue weighted by Gasteiger charge is 2.44. The van der Waals surface area contributed by atoms with Gasteiger partial charge in [-0.3, -0.25) is 4.79 Å². The predicted molar refractivity (Wildman–Crippen MR) is 65.1 cm³/mol. The summed E-state index contributed by atoms with van der Waals surface area (Å²) in [5.41, 5.74) is 0. The van der Waals surface area contributed by atoms with Gasteiger partial charge in [0.1, 0.15) is 6.61 Å². The Labute approximate surface area is 106 Å². The smallest absolute Gasteiger partial charge is 0.410 e. The molecule has 0 radical (unpaired) electrons. The van der Waals surface area contributed by atoms with Gasteiger partial charge in [0.05, 0.1) is 5.92 Å². The standard InChI is InChI=1S/C13H19NO4/c1-2-6-18-13(17)14-7-9-4-3-5-10(12(15)16)11(9)8-14/h2,9-11H,1,3-8H2,(H,15,16). The van der Waals surface area contributed by atoms with Crippen molar-refractivity contribution in [2.45, 2.75) is 19.3 Å². The second-order valence-electron chi connectivity index (χ2n) is 5.07. The second kappa shape index (κ2) is 5.42. The van der Waals surface area contributed by atoms with E-state index in [-0.39, 0.29) is 24.5 Å². The Bertz CT molecular complexity index is 355. The van der Waals surface area contributed by atoms with Crippen molar-refractivity contribution in [3.63, 3.8) is 0 Å². The molecule has 1 aliphatic carbocycles. The van der Waals surface area contributed by atoms with E-state index in [1.807, 2.05) is 0 Å². The van der Waals surface area contributed by atoms with Gasteiger partial charge in [0.2, 0.25) is 0 Å². The van der Waals surface area contributed by atoms with Crippen LogP contribution in [0.15, 0.2) is 12.7 Å². The van der Waals surface area contributed by atoms with E-state index in [1.54, 1.807) is 4.90 Å². The summed E-state index contributed by atoms with van der Waals surface area (Å²) < 4.78 is 5.00. The van der Waals surface area contributed by atoms with E-state index in [1.165, 1.54) is 6.08 Å². The van der Waals surface area contributed by atoms with Crippen molar-refractivity contribution in [2.24, 2.45) is 17.8 Å². The highest BCUT2D eigenvalue weighted by Crippen LogP contribution is 2.40. The molecule has 18 heavy (non-hydrogen) atoms. The zero-order chi connectivity index (χ0) is 13.1. The number of hydrogen-bond donors (Lipinski definition) is 1. The Kier molecular flexibility index (Phi) is 3.89. The number of carbonyl (C=O) groups is 2. The summed E-state index contributed by atoms with van der Waals surface area (Å²) in [5, 5.41) is 9.20. The first kappa shape index (κ1) is 12.9. The number of carbonyl (C=O) groups excluding carboxylic acids is 1. The van der Waals surface area contributed by atoms with Crippen molar-refractivity contribution in [3.05, 3.63) is 12.7 Å². The second-order valence-corrected chi connectivity index (χ2v) is 5.07. The molecule has 2 fully saturated rings. The average Bonchev–Trinajstić information content (AvgIpc) is 2.79. The van der Waals surface area contributed by atoms with Crippen LogP contribution in [0.5, 0.6) is 0 Å². The van der Waals surface area contributed by atoms with E-state index in [4.69, 9.17) is 4.74 Å². The van der Waals surface area contributed by atoms with Crippen LogP contribution in [0.2, 0.25) is 0 Å². The van der Waals surface area contributed by atoms with Gasteiger partial charge in [-0.25, -0.2) is 4.79 Å².